The lowest BCUT2D eigenvalue weighted by Gasteiger charge is -2.09. The summed E-state index contributed by atoms with van der Waals surface area (Å²) >= 11 is 6.95. The first-order chi connectivity index (χ1) is 10.0. The molecule has 6 heteroatoms. The van der Waals surface area contributed by atoms with E-state index in [1.807, 2.05) is 24.3 Å². The standard InChI is InChI=1S/C15H16ClNO3S/c1-4-9(2)10-5-7-11(8-6-10)20-15-17-13(16)12(21-15)14(18)19-3/h5-9H,4H2,1-3H3. The predicted molar refractivity (Wildman–Crippen MR) is 83.7 cm³/mol. The molecule has 0 N–H and O–H groups in total. The number of thiazole rings is 1. The Labute approximate surface area is 132 Å². The quantitative estimate of drug-likeness (QED) is 0.734. The van der Waals surface area contributed by atoms with Gasteiger partial charge in [-0.1, -0.05) is 48.9 Å². The van der Waals surface area contributed by atoms with Crippen LogP contribution >= 0.6 is 22.9 Å². The van der Waals surface area contributed by atoms with Crippen LogP contribution in [0, 0.1) is 0 Å². The molecule has 1 atom stereocenters. The van der Waals surface area contributed by atoms with Crippen LogP contribution in [0.2, 0.25) is 5.15 Å². The van der Waals surface area contributed by atoms with Crippen LogP contribution in [0.3, 0.4) is 0 Å². The lowest BCUT2D eigenvalue weighted by atomic mass is 9.99. The van der Waals surface area contributed by atoms with Gasteiger partial charge in [0, 0.05) is 0 Å². The molecule has 0 saturated heterocycles. The van der Waals surface area contributed by atoms with Crippen molar-refractivity contribution in [3.63, 3.8) is 0 Å². The van der Waals surface area contributed by atoms with Gasteiger partial charge < -0.3 is 9.47 Å². The zero-order valence-corrected chi connectivity index (χ0v) is 13.6. The third-order valence-corrected chi connectivity index (χ3v) is 4.50. The van der Waals surface area contributed by atoms with Gasteiger partial charge in [-0.3, -0.25) is 0 Å². The van der Waals surface area contributed by atoms with Crippen LogP contribution in [0.25, 0.3) is 0 Å². The maximum atomic E-state index is 11.5. The number of benzene rings is 1. The minimum Gasteiger partial charge on any atom is -0.465 e. The molecule has 0 amide bonds. The van der Waals surface area contributed by atoms with E-state index < -0.39 is 5.97 Å². The molecule has 2 rings (SSSR count). The molecule has 1 unspecified atom stereocenters. The second-order valence-electron chi connectivity index (χ2n) is 4.57. The van der Waals surface area contributed by atoms with Gasteiger partial charge in [0.05, 0.1) is 7.11 Å². The molecule has 4 nitrogen and oxygen atoms in total. The molecule has 1 aromatic heterocycles. The largest absolute Gasteiger partial charge is 0.465 e. The average molecular weight is 326 g/mol. The summed E-state index contributed by atoms with van der Waals surface area (Å²) < 4.78 is 10.2. The molecule has 0 spiro atoms. The van der Waals surface area contributed by atoms with Crippen LogP contribution in [0.4, 0.5) is 0 Å². The Morgan fingerprint density at radius 1 is 1.38 bits per heavy atom. The predicted octanol–water partition coefficient (Wildman–Crippen LogP) is 4.89. The maximum Gasteiger partial charge on any atom is 0.351 e. The Bertz CT molecular complexity index is 624. The summed E-state index contributed by atoms with van der Waals surface area (Å²) in [5.74, 6) is 0.655. The SMILES string of the molecule is CCC(C)c1ccc(Oc2nc(Cl)c(C(=O)OC)s2)cc1. The molecule has 0 bridgehead atoms. The van der Waals surface area contributed by atoms with Gasteiger partial charge in [-0.2, -0.15) is 4.98 Å². The molecule has 112 valence electrons. The lowest BCUT2D eigenvalue weighted by Crippen LogP contribution is -1.98. The minimum atomic E-state index is -0.514. The highest BCUT2D eigenvalue weighted by Crippen LogP contribution is 2.33. The zero-order valence-electron chi connectivity index (χ0n) is 12.1. The first-order valence-corrected chi connectivity index (χ1v) is 7.77. The second-order valence-corrected chi connectivity index (χ2v) is 5.89. The van der Waals surface area contributed by atoms with Crippen LogP contribution < -0.4 is 4.74 Å². The van der Waals surface area contributed by atoms with Crippen molar-refractivity contribution < 1.29 is 14.3 Å². The van der Waals surface area contributed by atoms with Crippen LogP contribution in [0.1, 0.15) is 41.4 Å². The third-order valence-electron chi connectivity index (χ3n) is 3.20. The number of carbonyl (C=O) groups excluding carboxylic acids is 1. The van der Waals surface area contributed by atoms with E-state index >= 15 is 0 Å². The Hall–Kier alpha value is -1.59. The molecule has 0 aliphatic carbocycles. The van der Waals surface area contributed by atoms with E-state index in [4.69, 9.17) is 16.3 Å². The molecule has 1 aromatic carbocycles. The molecular formula is C15H16ClNO3S. The fraction of sp³-hybridized carbons (Fsp3) is 0.333. The smallest absolute Gasteiger partial charge is 0.351 e. The second kappa shape index (κ2) is 6.91. The number of hydrogen-bond acceptors (Lipinski definition) is 5. The lowest BCUT2D eigenvalue weighted by molar-refractivity contribution is 0.0606. The van der Waals surface area contributed by atoms with Gasteiger partial charge in [0.15, 0.2) is 10.0 Å². The number of methoxy groups -OCH3 is 1. The van der Waals surface area contributed by atoms with Crippen molar-refractivity contribution in [3.8, 4) is 10.9 Å². The number of esters is 1. The van der Waals surface area contributed by atoms with Crippen molar-refractivity contribution in [1.29, 1.82) is 0 Å². The maximum absolute atomic E-state index is 11.5. The van der Waals surface area contributed by atoms with Gasteiger partial charge in [0.25, 0.3) is 5.19 Å². The summed E-state index contributed by atoms with van der Waals surface area (Å²) in [6, 6.07) is 7.82. The molecule has 0 aliphatic rings. The molecular weight excluding hydrogens is 310 g/mol. The number of hydrogen-bond donors (Lipinski definition) is 0. The van der Waals surface area contributed by atoms with Gasteiger partial charge in [0.1, 0.15) is 5.75 Å². The summed E-state index contributed by atoms with van der Waals surface area (Å²) in [5, 5.41) is 0.412. The van der Waals surface area contributed by atoms with E-state index in [2.05, 4.69) is 23.6 Å². The Balaban J connectivity index is 2.13. The van der Waals surface area contributed by atoms with Crippen LogP contribution in [0.15, 0.2) is 24.3 Å². The fourth-order valence-electron chi connectivity index (χ4n) is 1.75. The Kier molecular flexibility index (Phi) is 5.20. The van der Waals surface area contributed by atoms with Gasteiger partial charge in [-0.05, 0) is 30.0 Å². The molecule has 2 aromatic rings. The molecule has 0 fully saturated rings. The zero-order chi connectivity index (χ0) is 15.4. The van der Waals surface area contributed by atoms with Crippen molar-refractivity contribution >= 4 is 28.9 Å². The van der Waals surface area contributed by atoms with E-state index in [0.29, 0.717) is 16.9 Å². The van der Waals surface area contributed by atoms with E-state index in [9.17, 15) is 4.79 Å². The van der Waals surface area contributed by atoms with Crippen molar-refractivity contribution in [2.45, 2.75) is 26.2 Å². The van der Waals surface area contributed by atoms with E-state index in [1.54, 1.807) is 0 Å². The van der Waals surface area contributed by atoms with Gasteiger partial charge in [-0.15, -0.1) is 0 Å². The summed E-state index contributed by atoms with van der Waals surface area (Å²) in [6.45, 7) is 4.33. The summed E-state index contributed by atoms with van der Waals surface area (Å²) in [6.07, 6.45) is 1.09. The topological polar surface area (TPSA) is 48.4 Å². The molecule has 21 heavy (non-hydrogen) atoms. The highest BCUT2D eigenvalue weighted by molar-refractivity contribution is 7.15. The normalized spacial score (nSPS) is 12.0. The molecule has 0 saturated carbocycles. The Morgan fingerprint density at radius 3 is 2.62 bits per heavy atom. The fourth-order valence-corrected chi connectivity index (χ4v) is 2.81. The van der Waals surface area contributed by atoms with Crippen LogP contribution in [-0.2, 0) is 4.74 Å². The van der Waals surface area contributed by atoms with Gasteiger partial charge in [0.2, 0.25) is 0 Å². The van der Waals surface area contributed by atoms with E-state index in [0.717, 1.165) is 17.8 Å². The van der Waals surface area contributed by atoms with Crippen molar-refractivity contribution in [2.24, 2.45) is 0 Å². The molecule has 0 radical (unpaired) electrons. The average Bonchev–Trinajstić information content (AvgIpc) is 2.87. The van der Waals surface area contributed by atoms with Crippen molar-refractivity contribution in [1.82, 2.24) is 4.98 Å². The highest BCUT2D eigenvalue weighted by atomic mass is 35.5. The monoisotopic (exact) mass is 325 g/mol. The van der Waals surface area contributed by atoms with E-state index in [1.165, 1.54) is 12.7 Å². The number of halogens is 1. The highest BCUT2D eigenvalue weighted by Gasteiger charge is 2.18. The number of aromatic nitrogens is 1. The number of nitrogens with zero attached hydrogens (tertiary/aromatic N) is 1. The number of ether oxygens (including phenoxy) is 2. The van der Waals surface area contributed by atoms with Crippen molar-refractivity contribution in [2.75, 3.05) is 7.11 Å². The summed E-state index contributed by atoms with van der Waals surface area (Å²) in [7, 11) is 1.30. The number of rotatable bonds is 5. The van der Waals surface area contributed by atoms with Gasteiger partial charge >= 0.3 is 5.97 Å². The summed E-state index contributed by atoms with van der Waals surface area (Å²) in [5.41, 5.74) is 1.26. The minimum absolute atomic E-state index is 0.0954. The van der Waals surface area contributed by atoms with Crippen molar-refractivity contribution in [3.05, 3.63) is 39.9 Å². The third kappa shape index (κ3) is 3.74. The van der Waals surface area contributed by atoms with Gasteiger partial charge in [-0.25, -0.2) is 4.79 Å². The van der Waals surface area contributed by atoms with Crippen LogP contribution in [-0.4, -0.2) is 18.1 Å². The Morgan fingerprint density at radius 2 is 2.05 bits per heavy atom. The first kappa shape index (κ1) is 15.8. The number of carbonyl (C=O) groups is 1. The van der Waals surface area contributed by atoms with Crippen LogP contribution in [0.5, 0.6) is 10.9 Å². The first-order valence-electron chi connectivity index (χ1n) is 6.57. The molecule has 1 heterocycles. The molecule has 0 aliphatic heterocycles. The van der Waals surface area contributed by atoms with E-state index in [-0.39, 0.29) is 10.0 Å². The summed E-state index contributed by atoms with van der Waals surface area (Å²) in [4.78, 5) is 15.7.